The highest BCUT2D eigenvalue weighted by molar-refractivity contribution is 8.00. The summed E-state index contributed by atoms with van der Waals surface area (Å²) in [6.45, 7) is 2.91. The van der Waals surface area contributed by atoms with Crippen LogP contribution in [-0.4, -0.2) is 27.5 Å². The summed E-state index contributed by atoms with van der Waals surface area (Å²) in [5, 5.41) is 1.79. The van der Waals surface area contributed by atoms with Gasteiger partial charge in [-0.1, -0.05) is 49.1 Å². The van der Waals surface area contributed by atoms with Gasteiger partial charge in [0.25, 0.3) is 0 Å². The van der Waals surface area contributed by atoms with Crippen molar-refractivity contribution in [1.82, 2.24) is 4.57 Å². The van der Waals surface area contributed by atoms with Gasteiger partial charge in [-0.05, 0) is 36.4 Å². The van der Waals surface area contributed by atoms with Gasteiger partial charge in [0.1, 0.15) is 17.6 Å². The number of fused-ring (bicyclic) bond motifs is 2. The van der Waals surface area contributed by atoms with Crippen molar-refractivity contribution in [2.24, 2.45) is 5.92 Å². The predicted molar refractivity (Wildman–Crippen MR) is 134 cm³/mol. The number of benzene rings is 2. The highest BCUT2D eigenvalue weighted by Crippen LogP contribution is 2.55. The summed E-state index contributed by atoms with van der Waals surface area (Å²) >= 11 is 1.73. The van der Waals surface area contributed by atoms with Gasteiger partial charge in [0.05, 0.1) is 22.2 Å². The molecule has 0 bridgehead atoms. The van der Waals surface area contributed by atoms with Crippen LogP contribution >= 0.6 is 23.1 Å². The van der Waals surface area contributed by atoms with Crippen molar-refractivity contribution < 1.29 is 31.9 Å². The van der Waals surface area contributed by atoms with Crippen molar-refractivity contribution in [3.8, 4) is 0 Å². The Hall–Kier alpha value is -3.45. The molecule has 198 valence electrons. The van der Waals surface area contributed by atoms with E-state index in [4.69, 9.17) is 0 Å². The third-order valence-corrected chi connectivity index (χ3v) is 9.41. The molecule has 3 amide bonds. The minimum absolute atomic E-state index is 0.313. The fraction of sp³-hybridized carbons (Fsp3) is 0.280. The molecular weight excluding hydrogens is 546 g/mol. The number of aromatic nitrogens is 1. The van der Waals surface area contributed by atoms with Gasteiger partial charge in [-0.2, -0.15) is 13.2 Å². The maximum atomic E-state index is 13.7. The molecule has 0 saturated carbocycles. The number of hydrogen-bond acceptors (Lipinski definition) is 6. The van der Waals surface area contributed by atoms with E-state index in [1.54, 1.807) is 13.8 Å². The Kier molecular flexibility index (Phi) is 6.26. The monoisotopic (exact) mass is 565 g/mol. The van der Waals surface area contributed by atoms with Gasteiger partial charge in [-0.15, -0.1) is 0 Å². The zero-order chi connectivity index (χ0) is 27.6. The van der Waals surface area contributed by atoms with E-state index in [-0.39, 0.29) is 0 Å². The molecule has 5 rings (SSSR count). The fourth-order valence-electron chi connectivity index (χ4n) is 4.79. The van der Waals surface area contributed by atoms with E-state index in [0.29, 0.717) is 20.5 Å². The van der Waals surface area contributed by atoms with E-state index in [2.05, 4.69) is 5.32 Å². The standard InChI is InChI=1S/C25H19F4N3O4S2/c1-24(2)17-18(21(35)32(20(17)34)15-6-4-3-5-14(15)25(27,28)29)37-22-19(24)38-23(36)31(22)11-16(33)30-13-9-7-12(26)8-10-13/h3-10,17-18H,11H2,1-2H3,(H,30,33). The Labute approximate surface area is 221 Å². The van der Waals surface area contributed by atoms with Crippen LogP contribution in [0.5, 0.6) is 0 Å². The second kappa shape index (κ2) is 9.09. The number of thiazole rings is 1. The van der Waals surface area contributed by atoms with Crippen molar-refractivity contribution in [3.05, 3.63) is 74.5 Å². The molecule has 0 aliphatic carbocycles. The largest absolute Gasteiger partial charge is 0.418 e. The molecule has 2 aromatic carbocycles. The van der Waals surface area contributed by atoms with Gasteiger partial charge in [-0.3, -0.25) is 23.7 Å². The number of nitrogens with zero attached hydrogens (tertiary/aromatic N) is 2. The third-order valence-electron chi connectivity index (χ3n) is 6.58. The maximum Gasteiger partial charge on any atom is 0.418 e. The number of anilines is 2. The van der Waals surface area contributed by atoms with Crippen LogP contribution in [0.2, 0.25) is 0 Å². The number of hydrogen-bond donors (Lipinski definition) is 1. The third kappa shape index (κ3) is 4.23. The summed E-state index contributed by atoms with van der Waals surface area (Å²) in [4.78, 5) is 53.1. The molecule has 2 aliphatic heterocycles. The number of thioether (sulfide) groups is 1. The second-order valence-corrected chi connectivity index (χ2v) is 11.5. The number of imide groups is 1. The van der Waals surface area contributed by atoms with Gasteiger partial charge in [0.2, 0.25) is 17.7 Å². The molecule has 1 N–H and O–H groups in total. The van der Waals surface area contributed by atoms with E-state index in [1.165, 1.54) is 28.8 Å². The molecule has 0 spiro atoms. The average Bonchev–Trinajstić information content (AvgIpc) is 3.29. The van der Waals surface area contributed by atoms with Crippen molar-refractivity contribution >= 4 is 52.2 Å². The Bertz CT molecular complexity index is 1530. The molecule has 13 heteroatoms. The molecule has 1 fully saturated rings. The van der Waals surface area contributed by atoms with Gasteiger partial charge < -0.3 is 5.32 Å². The first-order valence-electron chi connectivity index (χ1n) is 11.3. The van der Waals surface area contributed by atoms with Gasteiger partial charge in [0.15, 0.2) is 0 Å². The summed E-state index contributed by atoms with van der Waals surface area (Å²) in [6, 6.07) is 9.44. The van der Waals surface area contributed by atoms with Crippen LogP contribution in [0.4, 0.5) is 28.9 Å². The Morgan fingerprint density at radius 1 is 1.03 bits per heavy atom. The molecule has 0 radical (unpaired) electrons. The smallest absolute Gasteiger partial charge is 0.325 e. The quantitative estimate of drug-likeness (QED) is 0.368. The maximum absolute atomic E-state index is 13.7. The molecule has 3 heterocycles. The van der Waals surface area contributed by atoms with Crippen LogP contribution < -0.4 is 15.1 Å². The highest BCUT2D eigenvalue weighted by Gasteiger charge is 2.60. The first-order chi connectivity index (χ1) is 17.8. The number of para-hydroxylation sites is 1. The lowest BCUT2D eigenvalue weighted by Gasteiger charge is -2.36. The van der Waals surface area contributed by atoms with E-state index in [1.807, 2.05) is 0 Å². The first kappa shape index (κ1) is 26.2. The highest BCUT2D eigenvalue weighted by atomic mass is 32.2. The van der Waals surface area contributed by atoms with Gasteiger partial charge in [0, 0.05) is 16.0 Å². The molecule has 3 aromatic rings. The van der Waals surface area contributed by atoms with Crippen LogP contribution in [-0.2, 0) is 32.5 Å². The van der Waals surface area contributed by atoms with Crippen LogP contribution in [0.1, 0.15) is 24.3 Å². The topological polar surface area (TPSA) is 88.5 Å². The summed E-state index contributed by atoms with van der Waals surface area (Å²) in [6.07, 6.45) is -4.79. The SMILES string of the molecule is CC1(C)c2sc(=O)n(CC(=O)Nc3ccc(F)cc3)c2SC2C(=O)N(c3ccccc3C(F)(F)F)C(=O)C21. The molecule has 38 heavy (non-hydrogen) atoms. The van der Waals surface area contributed by atoms with E-state index < -0.39 is 69.0 Å². The van der Waals surface area contributed by atoms with Gasteiger partial charge >= 0.3 is 11.0 Å². The second-order valence-electron chi connectivity index (χ2n) is 9.41. The summed E-state index contributed by atoms with van der Waals surface area (Å²) < 4.78 is 55.4. The van der Waals surface area contributed by atoms with Crippen LogP contribution in [0.25, 0.3) is 0 Å². The Morgan fingerprint density at radius 2 is 1.68 bits per heavy atom. The van der Waals surface area contributed by atoms with E-state index in [0.717, 1.165) is 47.4 Å². The fourth-order valence-corrected chi connectivity index (χ4v) is 7.83. The van der Waals surface area contributed by atoms with Crippen molar-refractivity contribution in [2.45, 2.75) is 42.3 Å². The van der Waals surface area contributed by atoms with Crippen molar-refractivity contribution in [2.75, 3.05) is 10.2 Å². The summed E-state index contributed by atoms with van der Waals surface area (Å²) in [5.41, 5.74) is -2.41. The van der Waals surface area contributed by atoms with Crippen molar-refractivity contribution in [3.63, 3.8) is 0 Å². The Balaban J connectivity index is 1.49. The Morgan fingerprint density at radius 3 is 2.34 bits per heavy atom. The average molecular weight is 566 g/mol. The molecular formula is C25H19F4N3O4S2. The lowest BCUT2D eigenvalue weighted by Crippen LogP contribution is -2.42. The normalized spacial score (nSPS) is 20.3. The molecule has 1 saturated heterocycles. The molecule has 7 nitrogen and oxygen atoms in total. The van der Waals surface area contributed by atoms with Crippen LogP contribution in [0, 0.1) is 11.7 Å². The lowest BCUT2D eigenvalue weighted by molar-refractivity contribution is -0.137. The molecule has 1 aromatic heterocycles. The number of carbonyl (C=O) groups excluding carboxylic acids is 3. The van der Waals surface area contributed by atoms with E-state index >= 15 is 0 Å². The van der Waals surface area contributed by atoms with Gasteiger partial charge in [-0.25, -0.2) is 9.29 Å². The number of nitrogens with one attached hydrogen (secondary N) is 1. The lowest BCUT2D eigenvalue weighted by atomic mass is 9.76. The number of amides is 3. The summed E-state index contributed by atoms with van der Waals surface area (Å²) in [5.74, 6) is -3.67. The number of carbonyl (C=O) groups is 3. The molecule has 2 aliphatic rings. The molecule has 2 atom stereocenters. The predicted octanol–water partition coefficient (Wildman–Crippen LogP) is 4.65. The van der Waals surface area contributed by atoms with Crippen LogP contribution in [0.3, 0.4) is 0 Å². The van der Waals surface area contributed by atoms with Crippen molar-refractivity contribution in [1.29, 1.82) is 0 Å². The van der Waals surface area contributed by atoms with E-state index in [9.17, 15) is 36.7 Å². The molecule has 2 unspecified atom stereocenters. The minimum atomic E-state index is -4.79. The number of alkyl halides is 3. The number of rotatable bonds is 4. The number of halogens is 4. The zero-order valence-electron chi connectivity index (χ0n) is 19.8. The minimum Gasteiger partial charge on any atom is -0.325 e. The summed E-state index contributed by atoms with van der Waals surface area (Å²) in [7, 11) is 0. The first-order valence-corrected chi connectivity index (χ1v) is 13.0. The van der Waals surface area contributed by atoms with Crippen LogP contribution in [0.15, 0.2) is 58.4 Å². The zero-order valence-corrected chi connectivity index (χ0v) is 21.5.